The van der Waals surface area contributed by atoms with Gasteiger partial charge in [-0.15, -0.1) is 0 Å². The average molecular weight is 286 g/mol. The van der Waals surface area contributed by atoms with E-state index in [1.807, 2.05) is 18.2 Å². The van der Waals surface area contributed by atoms with Crippen LogP contribution in [-0.4, -0.2) is 47.0 Å². The molecule has 0 bridgehead atoms. The summed E-state index contributed by atoms with van der Waals surface area (Å²) in [4.78, 5) is 24.0. The van der Waals surface area contributed by atoms with Crippen LogP contribution in [-0.2, 0) is 0 Å². The van der Waals surface area contributed by atoms with Crippen LogP contribution >= 0.6 is 0 Å². The third kappa shape index (κ3) is 2.99. The molecule has 3 heterocycles. The molecule has 0 saturated carbocycles. The molecule has 5 nitrogen and oxygen atoms in total. The fourth-order valence-corrected chi connectivity index (χ4v) is 2.37. The highest BCUT2D eigenvalue weighted by atomic mass is 19.1. The van der Waals surface area contributed by atoms with Gasteiger partial charge in [0.1, 0.15) is 11.5 Å². The minimum atomic E-state index is -0.632. The Bertz CT molecular complexity index is 627. The summed E-state index contributed by atoms with van der Waals surface area (Å²) in [5, 5.41) is 0. The first-order valence-corrected chi connectivity index (χ1v) is 6.82. The van der Waals surface area contributed by atoms with E-state index in [0.29, 0.717) is 26.2 Å². The van der Waals surface area contributed by atoms with E-state index in [4.69, 9.17) is 0 Å². The summed E-state index contributed by atoms with van der Waals surface area (Å²) >= 11 is 0. The molecule has 108 valence electrons. The second-order valence-electron chi connectivity index (χ2n) is 4.81. The maximum absolute atomic E-state index is 13.1. The number of hydrogen-bond acceptors (Lipinski definition) is 4. The molecule has 0 N–H and O–H groups in total. The molecular formula is C15H15FN4O. The fourth-order valence-electron chi connectivity index (χ4n) is 2.37. The number of pyridine rings is 2. The average Bonchev–Trinajstić information content (AvgIpc) is 2.55. The van der Waals surface area contributed by atoms with Crippen LogP contribution in [0.1, 0.15) is 10.5 Å². The molecule has 0 radical (unpaired) electrons. The van der Waals surface area contributed by atoms with Gasteiger partial charge in [0.05, 0.1) is 0 Å². The fraction of sp³-hybridized carbons (Fsp3) is 0.267. The van der Waals surface area contributed by atoms with E-state index in [9.17, 15) is 9.18 Å². The molecule has 1 amide bonds. The molecule has 3 rings (SSSR count). The van der Waals surface area contributed by atoms with Crippen LogP contribution in [0.2, 0.25) is 0 Å². The van der Waals surface area contributed by atoms with Gasteiger partial charge in [-0.2, -0.15) is 4.39 Å². The van der Waals surface area contributed by atoms with Crippen molar-refractivity contribution in [3.63, 3.8) is 0 Å². The zero-order valence-electron chi connectivity index (χ0n) is 11.4. The van der Waals surface area contributed by atoms with Crippen molar-refractivity contribution in [2.75, 3.05) is 31.1 Å². The molecular weight excluding hydrogens is 271 g/mol. The van der Waals surface area contributed by atoms with Crippen molar-refractivity contribution >= 4 is 11.7 Å². The molecule has 1 aliphatic rings. The molecule has 0 aromatic carbocycles. The zero-order chi connectivity index (χ0) is 14.7. The van der Waals surface area contributed by atoms with E-state index in [1.165, 1.54) is 18.2 Å². The van der Waals surface area contributed by atoms with E-state index < -0.39 is 5.95 Å². The zero-order valence-corrected chi connectivity index (χ0v) is 11.4. The number of anilines is 1. The molecule has 2 aromatic rings. The summed E-state index contributed by atoms with van der Waals surface area (Å²) in [5.74, 6) is 0.0524. The minimum Gasteiger partial charge on any atom is -0.353 e. The Labute approximate surface area is 122 Å². The number of carbonyl (C=O) groups is 1. The van der Waals surface area contributed by atoms with E-state index in [0.717, 1.165) is 5.82 Å². The number of aromatic nitrogens is 2. The number of halogens is 1. The van der Waals surface area contributed by atoms with Gasteiger partial charge in [0.25, 0.3) is 5.91 Å². The first kappa shape index (κ1) is 13.5. The van der Waals surface area contributed by atoms with Gasteiger partial charge in [0.15, 0.2) is 0 Å². The Morgan fingerprint density at radius 3 is 2.52 bits per heavy atom. The molecule has 0 atom stereocenters. The molecule has 1 saturated heterocycles. The van der Waals surface area contributed by atoms with Gasteiger partial charge in [0, 0.05) is 32.4 Å². The molecule has 0 aliphatic carbocycles. The second kappa shape index (κ2) is 5.87. The first-order valence-electron chi connectivity index (χ1n) is 6.82. The predicted octanol–water partition coefficient (Wildman–Crippen LogP) is 1.58. The third-order valence-electron chi connectivity index (χ3n) is 3.47. The van der Waals surface area contributed by atoms with Crippen LogP contribution in [0, 0.1) is 5.95 Å². The predicted molar refractivity (Wildman–Crippen MR) is 76.5 cm³/mol. The summed E-state index contributed by atoms with van der Waals surface area (Å²) in [6, 6.07) is 10.0. The topological polar surface area (TPSA) is 49.3 Å². The van der Waals surface area contributed by atoms with Gasteiger partial charge in [-0.25, -0.2) is 9.97 Å². The highest BCUT2D eigenvalue weighted by Gasteiger charge is 2.23. The van der Waals surface area contributed by atoms with Crippen molar-refractivity contribution in [2.24, 2.45) is 0 Å². The highest BCUT2D eigenvalue weighted by molar-refractivity contribution is 5.92. The van der Waals surface area contributed by atoms with Crippen molar-refractivity contribution in [1.29, 1.82) is 0 Å². The molecule has 0 spiro atoms. The lowest BCUT2D eigenvalue weighted by atomic mass is 10.2. The normalized spacial score (nSPS) is 15.1. The maximum atomic E-state index is 13.1. The smallest absolute Gasteiger partial charge is 0.272 e. The minimum absolute atomic E-state index is 0.154. The van der Waals surface area contributed by atoms with Gasteiger partial charge in [-0.1, -0.05) is 12.1 Å². The molecule has 21 heavy (non-hydrogen) atoms. The summed E-state index contributed by atoms with van der Waals surface area (Å²) in [5.41, 5.74) is 0.154. The van der Waals surface area contributed by atoms with Crippen molar-refractivity contribution in [1.82, 2.24) is 14.9 Å². The number of carbonyl (C=O) groups excluding carboxylic acids is 1. The van der Waals surface area contributed by atoms with Gasteiger partial charge in [-0.3, -0.25) is 4.79 Å². The molecule has 6 heteroatoms. The monoisotopic (exact) mass is 286 g/mol. The summed E-state index contributed by atoms with van der Waals surface area (Å²) in [6.45, 7) is 2.57. The quantitative estimate of drug-likeness (QED) is 0.787. The lowest BCUT2D eigenvalue weighted by Gasteiger charge is -2.35. The lowest BCUT2D eigenvalue weighted by Crippen LogP contribution is -2.49. The van der Waals surface area contributed by atoms with Crippen molar-refractivity contribution in [3.8, 4) is 0 Å². The van der Waals surface area contributed by atoms with E-state index >= 15 is 0 Å². The van der Waals surface area contributed by atoms with Gasteiger partial charge >= 0.3 is 0 Å². The molecule has 1 aliphatic heterocycles. The maximum Gasteiger partial charge on any atom is 0.272 e. The van der Waals surface area contributed by atoms with Crippen molar-refractivity contribution in [3.05, 3.63) is 54.2 Å². The number of piperazine rings is 1. The number of rotatable bonds is 2. The summed E-state index contributed by atoms with van der Waals surface area (Å²) in [6.07, 6.45) is 1.75. The highest BCUT2D eigenvalue weighted by Crippen LogP contribution is 2.14. The Morgan fingerprint density at radius 1 is 1.05 bits per heavy atom. The Hall–Kier alpha value is -2.50. The van der Waals surface area contributed by atoms with Crippen molar-refractivity contribution in [2.45, 2.75) is 0 Å². The second-order valence-corrected chi connectivity index (χ2v) is 4.81. The molecule has 2 aromatic heterocycles. The van der Waals surface area contributed by atoms with E-state index in [1.54, 1.807) is 11.1 Å². The van der Waals surface area contributed by atoms with E-state index in [2.05, 4.69) is 14.9 Å². The number of nitrogens with zero attached hydrogens (tertiary/aromatic N) is 4. The van der Waals surface area contributed by atoms with Gasteiger partial charge in [-0.05, 0) is 24.3 Å². The van der Waals surface area contributed by atoms with Crippen molar-refractivity contribution < 1.29 is 9.18 Å². The molecule has 0 unspecified atom stereocenters. The van der Waals surface area contributed by atoms with Crippen LogP contribution in [0.4, 0.5) is 10.2 Å². The SMILES string of the molecule is O=C(c1cccc(F)n1)N1CCN(c2ccccn2)CC1. The number of hydrogen-bond donors (Lipinski definition) is 0. The van der Waals surface area contributed by atoms with Crippen LogP contribution in [0.15, 0.2) is 42.6 Å². The summed E-state index contributed by atoms with van der Waals surface area (Å²) < 4.78 is 13.1. The van der Waals surface area contributed by atoms with Crippen LogP contribution in [0.3, 0.4) is 0 Å². The standard InChI is InChI=1S/C15H15FN4O/c16-13-5-3-4-12(18-13)15(21)20-10-8-19(9-11-20)14-6-1-2-7-17-14/h1-7H,8-11H2. The van der Waals surface area contributed by atoms with Gasteiger partial charge < -0.3 is 9.80 Å². The Balaban J connectivity index is 1.64. The Morgan fingerprint density at radius 2 is 1.86 bits per heavy atom. The van der Waals surface area contributed by atoms with E-state index in [-0.39, 0.29) is 11.6 Å². The van der Waals surface area contributed by atoms with Crippen LogP contribution in [0.25, 0.3) is 0 Å². The van der Waals surface area contributed by atoms with Gasteiger partial charge in [0.2, 0.25) is 5.95 Å². The molecule has 1 fully saturated rings. The van der Waals surface area contributed by atoms with Crippen LogP contribution < -0.4 is 4.90 Å². The third-order valence-corrected chi connectivity index (χ3v) is 3.47. The Kier molecular flexibility index (Phi) is 3.77. The lowest BCUT2D eigenvalue weighted by molar-refractivity contribution is 0.0739. The summed E-state index contributed by atoms with van der Waals surface area (Å²) in [7, 11) is 0. The largest absolute Gasteiger partial charge is 0.353 e. The first-order chi connectivity index (χ1) is 10.2. The van der Waals surface area contributed by atoms with Crippen LogP contribution in [0.5, 0.6) is 0 Å². The number of amides is 1.